The Hall–Kier alpha value is -0.740. The van der Waals surface area contributed by atoms with E-state index in [4.69, 9.17) is 11.6 Å². The summed E-state index contributed by atoms with van der Waals surface area (Å²) in [4.78, 5) is 0. The Labute approximate surface area is 86.9 Å². The Kier molecular flexibility index (Phi) is 2.41. The van der Waals surface area contributed by atoms with Crippen LogP contribution in [0.4, 0.5) is 13.2 Å². The molecule has 0 nitrogen and oxygen atoms in total. The lowest BCUT2D eigenvalue weighted by Crippen LogP contribution is -1.82. The zero-order chi connectivity index (χ0) is 10.3. The van der Waals surface area contributed by atoms with Crippen molar-refractivity contribution in [2.75, 3.05) is 0 Å². The molecule has 74 valence electrons. The van der Waals surface area contributed by atoms with Crippen LogP contribution < -0.4 is 0 Å². The van der Waals surface area contributed by atoms with Gasteiger partial charge in [0, 0.05) is 10.1 Å². The van der Waals surface area contributed by atoms with Crippen molar-refractivity contribution in [3.8, 4) is 0 Å². The molecule has 0 spiro atoms. The minimum atomic E-state index is -2.67. The molecule has 0 aliphatic carbocycles. The van der Waals surface area contributed by atoms with Crippen LogP contribution in [0.5, 0.6) is 0 Å². The fourth-order valence-electron chi connectivity index (χ4n) is 1.26. The van der Waals surface area contributed by atoms with Crippen molar-refractivity contribution in [1.29, 1.82) is 0 Å². The summed E-state index contributed by atoms with van der Waals surface area (Å²) >= 11 is 6.67. The summed E-state index contributed by atoms with van der Waals surface area (Å²) in [7, 11) is 0. The summed E-state index contributed by atoms with van der Waals surface area (Å²) < 4.78 is 38.5. The molecule has 0 bridgehead atoms. The lowest BCUT2D eigenvalue weighted by Gasteiger charge is -1.97. The largest absolute Gasteiger partial charge is 0.266 e. The highest BCUT2D eigenvalue weighted by Crippen LogP contribution is 2.40. The molecule has 1 heterocycles. The maximum atomic E-state index is 12.8. The van der Waals surface area contributed by atoms with Crippen LogP contribution in [0.25, 0.3) is 10.1 Å². The van der Waals surface area contributed by atoms with Gasteiger partial charge in [-0.1, -0.05) is 11.6 Å². The second-order valence-electron chi connectivity index (χ2n) is 2.73. The van der Waals surface area contributed by atoms with Gasteiger partial charge in [-0.3, -0.25) is 0 Å². The third kappa shape index (κ3) is 1.48. The summed E-state index contributed by atoms with van der Waals surface area (Å²) in [6, 6.07) is 3.76. The quantitative estimate of drug-likeness (QED) is 0.677. The molecule has 0 saturated heterocycles. The van der Waals surface area contributed by atoms with Gasteiger partial charge < -0.3 is 0 Å². The molecule has 0 unspecified atom stereocenters. The predicted molar refractivity (Wildman–Crippen MR) is 51.8 cm³/mol. The molecule has 0 N–H and O–H groups in total. The first kappa shape index (κ1) is 9.80. The number of thiophene rings is 1. The number of hydrogen-bond donors (Lipinski definition) is 0. The monoisotopic (exact) mass is 236 g/mol. The number of alkyl halides is 2. The molecule has 2 rings (SSSR count). The molecule has 0 atom stereocenters. The molecule has 1 aromatic heterocycles. The fourth-order valence-corrected chi connectivity index (χ4v) is 2.61. The lowest BCUT2D eigenvalue weighted by atomic mass is 10.2. The van der Waals surface area contributed by atoms with Crippen molar-refractivity contribution in [1.82, 2.24) is 0 Å². The van der Waals surface area contributed by atoms with Crippen molar-refractivity contribution in [2.24, 2.45) is 0 Å². The number of fused-ring (bicyclic) bond motifs is 1. The Morgan fingerprint density at radius 1 is 1.29 bits per heavy atom. The number of rotatable bonds is 1. The smallest absolute Gasteiger partial charge is 0.207 e. The van der Waals surface area contributed by atoms with Crippen LogP contribution in [0.15, 0.2) is 18.2 Å². The highest BCUT2D eigenvalue weighted by Gasteiger charge is 2.19. The summed E-state index contributed by atoms with van der Waals surface area (Å²) in [5.41, 5.74) is -0.272. The lowest BCUT2D eigenvalue weighted by molar-refractivity contribution is 0.153. The van der Waals surface area contributed by atoms with Gasteiger partial charge in [-0.25, -0.2) is 13.2 Å². The van der Waals surface area contributed by atoms with E-state index in [0.717, 1.165) is 17.4 Å². The summed E-state index contributed by atoms with van der Waals surface area (Å²) in [6.45, 7) is 0. The Bertz CT molecular complexity index is 478. The molecular formula is C9H4ClF3S. The first-order valence-corrected chi connectivity index (χ1v) is 4.94. The maximum absolute atomic E-state index is 12.8. The van der Waals surface area contributed by atoms with Gasteiger partial charge in [0.1, 0.15) is 10.2 Å². The van der Waals surface area contributed by atoms with Gasteiger partial charge >= 0.3 is 0 Å². The van der Waals surface area contributed by atoms with Gasteiger partial charge in [-0.2, -0.15) is 0 Å². The zero-order valence-electron chi connectivity index (χ0n) is 6.73. The van der Waals surface area contributed by atoms with Gasteiger partial charge in [0.15, 0.2) is 0 Å². The topological polar surface area (TPSA) is 0 Å². The molecule has 2 aromatic rings. The molecular weight excluding hydrogens is 233 g/mol. The van der Waals surface area contributed by atoms with Crippen molar-refractivity contribution < 1.29 is 13.2 Å². The molecule has 1 aromatic carbocycles. The average Bonchev–Trinajstić information content (AvgIpc) is 2.40. The molecule has 0 aliphatic rings. The summed E-state index contributed by atoms with van der Waals surface area (Å²) in [5, 5.41) is 0.204. The zero-order valence-corrected chi connectivity index (χ0v) is 8.30. The Morgan fingerprint density at radius 2 is 2.00 bits per heavy atom. The van der Waals surface area contributed by atoms with E-state index in [-0.39, 0.29) is 15.3 Å². The predicted octanol–water partition coefficient (Wildman–Crippen LogP) is 4.63. The van der Waals surface area contributed by atoms with Crippen LogP contribution in [-0.2, 0) is 0 Å². The highest BCUT2D eigenvalue weighted by atomic mass is 35.5. The third-order valence-electron chi connectivity index (χ3n) is 1.86. The molecule has 0 aliphatic heterocycles. The molecule has 0 saturated carbocycles. The van der Waals surface area contributed by atoms with Crippen LogP contribution in [0.2, 0.25) is 4.34 Å². The van der Waals surface area contributed by atoms with Gasteiger partial charge in [0.2, 0.25) is 0 Å². The van der Waals surface area contributed by atoms with E-state index in [1.165, 1.54) is 12.1 Å². The fraction of sp³-hybridized carbons (Fsp3) is 0.111. The van der Waals surface area contributed by atoms with Gasteiger partial charge in [-0.15, -0.1) is 11.3 Å². The minimum Gasteiger partial charge on any atom is -0.207 e. The summed E-state index contributed by atoms with van der Waals surface area (Å²) in [6.07, 6.45) is -2.67. The number of hydrogen-bond acceptors (Lipinski definition) is 1. The van der Waals surface area contributed by atoms with E-state index in [1.807, 2.05) is 0 Å². The van der Waals surface area contributed by atoms with Crippen molar-refractivity contribution in [3.63, 3.8) is 0 Å². The summed E-state index contributed by atoms with van der Waals surface area (Å²) in [5.74, 6) is -0.533. The first-order valence-electron chi connectivity index (χ1n) is 3.75. The van der Waals surface area contributed by atoms with E-state index < -0.39 is 12.2 Å². The van der Waals surface area contributed by atoms with E-state index in [2.05, 4.69) is 0 Å². The first-order chi connectivity index (χ1) is 6.59. The van der Waals surface area contributed by atoms with E-state index >= 15 is 0 Å². The van der Waals surface area contributed by atoms with E-state index in [0.29, 0.717) is 4.70 Å². The minimum absolute atomic E-state index is 0.0283. The van der Waals surface area contributed by atoms with Crippen LogP contribution in [-0.4, -0.2) is 0 Å². The van der Waals surface area contributed by atoms with Gasteiger partial charge in [0.25, 0.3) is 6.43 Å². The van der Waals surface area contributed by atoms with E-state index in [9.17, 15) is 13.2 Å². The Morgan fingerprint density at radius 3 is 2.64 bits per heavy atom. The SMILES string of the molecule is Fc1ccc2sc(Cl)c(C(F)F)c2c1. The second kappa shape index (κ2) is 3.44. The normalized spacial score (nSPS) is 11.5. The van der Waals surface area contributed by atoms with Gasteiger partial charge in [-0.05, 0) is 18.2 Å². The Balaban J connectivity index is 2.79. The standard InChI is InChI=1S/C9H4ClF3S/c10-8-7(9(12)13)5-3-4(11)1-2-6(5)14-8/h1-3,9H. The third-order valence-corrected chi connectivity index (χ3v) is 3.27. The number of benzene rings is 1. The molecule has 0 fully saturated rings. The van der Waals surface area contributed by atoms with Crippen molar-refractivity contribution >= 4 is 33.0 Å². The molecule has 0 radical (unpaired) electrons. The molecule has 0 amide bonds. The second-order valence-corrected chi connectivity index (χ2v) is 4.38. The van der Waals surface area contributed by atoms with Crippen LogP contribution in [0.1, 0.15) is 12.0 Å². The number of halogens is 4. The van der Waals surface area contributed by atoms with Crippen LogP contribution in [0.3, 0.4) is 0 Å². The van der Waals surface area contributed by atoms with E-state index in [1.54, 1.807) is 0 Å². The molecule has 14 heavy (non-hydrogen) atoms. The van der Waals surface area contributed by atoms with Crippen LogP contribution in [0, 0.1) is 5.82 Å². The van der Waals surface area contributed by atoms with Gasteiger partial charge in [0.05, 0.1) is 5.56 Å². The van der Waals surface area contributed by atoms with Crippen molar-refractivity contribution in [3.05, 3.63) is 33.9 Å². The molecule has 5 heteroatoms. The maximum Gasteiger partial charge on any atom is 0.266 e. The highest BCUT2D eigenvalue weighted by molar-refractivity contribution is 7.22. The van der Waals surface area contributed by atoms with Crippen LogP contribution >= 0.6 is 22.9 Å². The van der Waals surface area contributed by atoms with Crippen molar-refractivity contribution in [2.45, 2.75) is 6.43 Å². The average molecular weight is 237 g/mol.